The average Bonchev–Trinajstić information content (AvgIpc) is 2.37. The highest BCUT2D eigenvalue weighted by Gasteiger charge is 2.22. The van der Waals surface area contributed by atoms with Gasteiger partial charge in [-0.1, -0.05) is 61.0 Å². The van der Waals surface area contributed by atoms with Gasteiger partial charge < -0.3 is 4.74 Å². The molecule has 0 atom stereocenters. The predicted molar refractivity (Wildman–Crippen MR) is 89.6 cm³/mol. The van der Waals surface area contributed by atoms with Crippen molar-refractivity contribution >= 4 is 15.9 Å². The van der Waals surface area contributed by atoms with Gasteiger partial charge in [-0.05, 0) is 35.6 Å². The van der Waals surface area contributed by atoms with Crippen molar-refractivity contribution in [3.05, 3.63) is 52.0 Å². The summed E-state index contributed by atoms with van der Waals surface area (Å²) in [7, 11) is 1.75. The first kappa shape index (κ1) is 15.1. The van der Waals surface area contributed by atoms with Crippen LogP contribution in [0, 0.1) is 6.92 Å². The van der Waals surface area contributed by atoms with Crippen molar-refractivity contribution in [2.24, 2.45) is 0 Å². The molecule has 0 saturated carbocycles. The van der Waals surface area contributed by atoms with E-state index < -0.39 is 0 Å². The predicted octanol–water partition coefficient (Wildman–Crippen LogP) is 5.73. The molecule has 0 fully saturated rings. The number of ether oxygens (including phenoxy) is 1. The van der Waals surface area contributed by atoms with E-state index >= 15 is 0 Å². The van der Waals surface area contributed by atoms with Crippen LogP contribution in [0.1, 0.15) is 31.9 Å². The normalized spacial score (nSPS) is 11.5. The van der Waals surface area contributed by atoms with Crippen LogP contribution >= 0.6 is 15.9 Å². The van der Waals surface area contributed by atoms with Crippen LogP contribution in [0.3, 0.4) is 0 Å². The molecule has 0 unspecified atom stereocenters. The SMILES string of the molecule is COc1c(-c2ccccc2Br)cc(C)cc1C(C)(C)C. The fourth-order valence-corrected chi connectivity index (χ4v) is 2.93. The summed E-state index contributed by atoms with van der Waals surface area (Å²) in [6.45, 7) is 8.78. The minimum atomic E-state index is 0.0490. The zero-order valence-electron chi connectivity index (χ0n) is 12.8. The maximum Gasteiger partial charge on any atom is 0.130 e. The first-order valence-electron chi connectivity index (χ1n) is 6.78. The molecule has 0 saturated heterocycles. The Morgan fingerprint density at radius 3 is 2.20 bits per heavy atom. The molecule has 0 heterocycles. The topological polar surface area (TPSA) is 9.23 Å². The van der Waals surface area contributed by atoms with E-state index in [9.17, 15) is 0 Å². The lowest BCUT2D eigenvalue weighted by molar-refractivity contribution is 0.399. The molecule has 0 N–H and O–H groups in total. The highest BCUT2D eigenvalue weighted by molar-refractivity contribution is 9.10. The van der Waals surface area contributed by atoms with Crippen LogP contribution in [-0.2, 0) is 5.41 Å². The van der Waals surface area contributed by atoms with Crippen LogP contribution in [0.2, 0.25) is 0 Å². The molecule has 20 heavy (non-hydrogen) atoms. The van der Waals surface area contributed by atoms with Crippen molar-refractivity contribution in [2.75, 3.05) is 7.11 Å². The second-order valence-corrected chi connectivity index (χ2v) is 6.98. The molecule has 0 bridgehead atoms. The van der Waals surface area contributed by atoms with E-state index in [0.29, 0.717) is 0 Å². The van der Waals surface area contributed by atoms with E-state index in [2.05, 4.69) is 74.0 Å². The molecule has 0 spiro atoms. The van der Waals surface area contributed by atoms with Gasteiger partial charge in [0.1, 0.15) is 5.75 Å². The Morgan fingerprint density at radius 2 is 1.65 bits per heavy atom. The van der Waals surface area contributed by atoms with Gasteiger partial charge in [-0.2, -0.15) is 0 Å². The third kappa shape index (κ3) is 2.90. The van der Waals surface area contributed by atoms with Crippen LogP contribution in [0.15, 0.2) is 40.9 Å². The van der Waals surface area contributed by atoms with Crippen molar-refractivity contribution in [2.45, 2.75) is 33.1 Å². The molecule has 2 aromatic rings. The third-order valence-corrected chi connectivity index (χ3v) is 4.10. The fraction of sp³-hybridized carbons (Fsp3) is 0.333. The van der Waals surface area contributed by atoms with E-state index in [1.807, 2.05) is 6.07 Å². The van der Waals surface area contributed by atoms with Crippen molar-refractivity contribution in [1.29, 1.82) is 0 Å². The molecule has 0 radical (unpaired) electrons. The Morgan fingerprint density at radius 1 is 1.00 bits per heavy atom. The van der Waals surface area contributed by atoms with Crippen LogP contribution in [0.25, 0.3) is 11.1 Å². The number of methoxy groups -OCH3 is 1. The monoisotopic (exact) mass is 332 g/mol. The first-order valence-corrected chi connectivity index (χ1v) is 7.58. The third-order valence-electron chi connectivity index (χ3n) is 3.41. The summed E-state index contributed by atoms with van der Waals surface area (Å²) in [5, 5.41) is 0. The van der Waals surface area contributed by atoms with Crippen molar-refractivity contribution in [3.8, 4) is 16.9 Å². The molecule has 0 aromatic heterocycles. The largest absolute Gasteiger partial charge is 0.496 e. The number of rotatable bonds is 2. The Kier molecular flexibility index (Phi) is 4.24. The van der Waals surface area contributed by atoms with Crippen LogP contribution < -0.4 is 4.74 Å². The number of halogens is 1. The molecule has 0 aliphatic rings. The summed E-state index contributed by atoms with van der Waals surface area (Å²) >= 11 is 3.64. The lowest BCUT2D eigenvalue weighted by Gasteiger charge is -2.25. The van der Waals surface area contributed by atoms with Crippen LogP contribution in [-0.4, -0.2) is 7.11 Å². The summed E-state index contributed by atoms with van der Waals surface area (Å²) in [4.78, 5) is 0. The van der Waals surface area contributed by atoms with Crippen molar-refractivity contribution in [3.63, 3.8) is 0 Å². The van der Waals surface area contributed by atoms with Crippen LogP contribution in [0.5, 0.6) is 5.75 Å². The van der Waals surface area contributed by atoms with Crippen molar-refractivity contribution < 1.29 is 4.74 Å². The number of aryl methyl sites for hydroxylation is 1. The second-order valence-electron chi connectivity index (χ2n) is 6.12. The highest BCUT2D eigenvalue weighted by atomic mass is 79.9. The Hall–Kier alpha value is -1.28. The molecule has 0 aliphatic carbocycles. The molecular weight excluding hydrogens is 312 g/mol. The molecule has 1 nitrogen and oxygen atoms in total. The molecule has 2 heteroatoms. The Labute approximate surface area is 130 Å². The lowest BCUT2D eigenvalue weighted by Crippen LogP contribution is -2.13. The first-order chi connectivity index (χ1) is 9.34. The van der Waals surface area contributed by atoms with E-state index in [4.69, 9.17) is 4.74 Å². The molecular formula is C18H21BrO. The molecule has 0 amide bonds. The highest BCUT2D eigenvalue weighted by Crippen LogP contribution is 2.42. The van der Waals surface area contributed by atoms with E-state index in [1.54, 1.807) is 7.11 Å². The summed E-state index contributed by atoms with van der Waals surface area (Å²) < 4.78 is 6.83. The minimum absolute atomic E-state index is 0.0490. The number of hydrogen-bond donors (Lipinski definition) is 0. The summed E-state index contributed by atoms with van der Waals surface area (Å²) in [5.41, 5.74) is 4.85. The molecule has 2 rings (SSSR count). The maximum absolute atomic E-state index is 5.75. The summed E-state index contributed by atoms with van der Waals surface area (Å²) in [6, 6.07) is 12.7. The zero-order valence-corrected chi connectivity index (χ0v) is 14.3. The average molecular weight is 333 g/mol. The Balaban J connectivity index is 2.77. The van der Waals surface area contributed by atoms with Gasteiger partial charge in [0, 0.05) is 15.6 Å². The quantitative estimate of drug-likeness (QED) is 0.682. The van der Waals surface area contributed by atoms with E-state index in [-0.39, 0.29) is 5.41 Å². The van der Waals surface area contributed by atoms with Gasteiger partial charge in [-0.3, -0.25) is 0 Å². The fourth-order valence-electron chi connectivity index (χ4n) is 2.43. The zero-order chi connectivity index (χ0) is 14.9. The van der Waals surface area contributed by atoms with E-state index in [1.165, 1.54) is 16.7 Å². The van der Waals surface area contributed by atoms with E-state index in [0.717, 1.165) is 15.8 Å². The van der Waals surface area contributed by atoms with Gasteiger partial charge in [-0.15, -0.1) is 0 Å². The van der Waals surface area contributed by atoms with Gasteiger partial charge >= 0.3 is 0 Å². The smallest absolute Gasteiger partial charge is 0.130 e. The summed E-state index contributed by atoms with van der Waals surface area (Å²) in [6.07, 6.45) is 0. The molecule has 2 aromatic carbocycles. The van der Waals surface area contributed by atoms with Gasteiger partial charge in [0.2, 0.25) is 0 Å². The maximum atomic E-state index is 5.75. The molecule has 106 valence electrons. The molecule has 0 aliphatic heterocycles. The van der Waals surface area contributed by atoms with Gasteiger partial charge in [0.05, 0.1) is 7.11 Å². The Bertz CT molecular complexity index is 624. The van der Waals surface area contributed by atoms with Gasteiger partial charge in [0.15, 0.2) is 0 Å². The summed E-state index contributed by atoms with van der Waals surface area (Å²) in [5.74, 6) is 0.968. The van der Waals surface area contributed by atoms with Gasteiger partial charge in [-0.25, -0.2) is 0 Å². The van der Waals surface area contributed by atoms with Crippen molar-refractivity contribution in [1.82, 2.24) is 0 Å². The van der Waals surface area contributed by atoms with Crippen LogP contribution in [0.4, 0.5) is 0 Å². The minimum Gasteiger partial charge on any atom is -0.496 e. The number of benzene rings is 2. The standard InChI is InChI=1S/C18H21BrO/c1-12-10-14(13-8-6-7-9-16(13)19)17(20-5)15(11-12)18(2,3)4/h6-11H,1-5H3. The second kappa shape index (κ2) is 5.61. The number of hydrogen-bond acceptors (Lipinski definition) is 1. The lowest BCUT2D eigenvalue weighted by atomic mass is 9.83. The van der Waals surface area contributed by atoms with Gasteiger partial charge in [0.25, 0.3) is 0 Å².